The van der Waals surface area contributed by atoms with Gasteiger partial charge in [-0.25, -0.2) is 0 Å². The Morgan fingerprint density at radius 2 is 1.88 bits per heavy atom. The number of benzene rings is 2. The Morgan fingerprint density at radius 3 is 2.52 bits per heavy atom. The lowest BCUT2D eigenvalue weighted by molar-refractivity contribution is -0.385. The average Bonchev–Trinajstić information content (AvgIpc) is 2.64. The molecule has 0 fully saturated rings. The van der Waals surface area contributed by atoms with Gasteiger partial charge >= 0.3 is 0 Å². The summed E-state index contributed by atoms with van der Waals surface area (Å²) < 4.78 is 16.0. The molecule has 0 radical (unpaired) electrons. The van der Waals surface area contributed by atoms with Crippen molar-refractivity contribution in [2.45, 2.75) is 13.2 Å². The van der Waals surface area contributed by atoms with Gasteiger partial charge in [-0.3, -0.25) is 10.1 Å². The first-order chi connectivity index (χ1) is 12.2. The van der Waals surface area contributed by atoms with Crippen molar-refractivity contribution >= 4 is 5.69 Å². The van der Waals surface area contributed by atoms with Gasteiger partial charge in [-0.1, -0.05) is 30.3 Å². The van der Waals surface area contributed by atoms with E-state index in [0.29, 0.717) is 43.4 Å². The zero-order chi connectivity index (χ0) is 18.1. The van der Waals surface area contributed by atoms with Gasteiger partial charge in [0.2, 0.25) is 0 Å². The minimum Gasteiger partial charge on any atom is -0.493 e. The van der Waals surface area contributed by atoms with E-state index in [2.05, 4.69) is 5.32 Å². The SMILES string of the molecule is COCCNCc1cc(OC)c(OCc2ccccc2)cc1[N+](=O)[O-]. The zero-order valence-electron chi connectivity index (χ0n) is 14.4. The van der Waals surface area contributed by atoms with Crippen molar-refractivity contribution in [3.8, 4) is 11.5 Å². The summed E-state index contributed by atoms with van der Waals surface area (Å²) in [6.45, 7) is 1.78. The van der Waals surface area contributed by atoms with Crippen molar-refractivity contribution in [3.63, 3.8) is 0 Å². The third-order valence-electron chi connectivity index (χ3n) is 3.60. The lowest BCUT2D eigenvalue weighted by Gasteiger charge is -2.13. The molecule has 0 saturated carbocycles. The van der Waals surface area contributed by atoms with Gasteiger partial charge in [-0.05, 0) is 11.6 Å². The number of rotatable bonds is 10. The van der Waals surface area contributed by atoms with Crippen LogP contribution in [0, 0.1) is 10.1 Å². The number of nitro groups is 1. The second-order valence-corrected chi connectivity index (χ2v) is 5.33. The highest BCUT2D eigenvalue weighted by Crippen LogP contribution is 2.35. The number of methoxy groups -OCH3 is 2. The largest absolute Gasteiger partial charge is 0.493 e. The van der Waals surface area contributed by atoms with Gasteiger partial charge < -0.3 is 19.5 Å². The van der Waals surface area contributed by atoms with Gasteiger partial charge in [0, 0.05) is 25.8 Å². The minimum atomic E-state index is -0.415. The topological polar surface area (TPSA) is 82.9 Å². The number of ether oxygens (including phenoxy) is 3. The first-order valence-electron chi connectivity index (χ1n) is 7.87. The molecule has 0 amide bonds. The highest BCUT2D eigenvalue weighted by Gasteiger charge is 2.19. The second-order valence-electron chi connectivity index (χ2n) is 5.33. The van der Waals surface area contributed by atoms with E-state index >= 15 is 0 Å². The predicted octanol–water partition coefficient (Wildman–Crippen LogP) is 2.92. The van der Waals surface area contributed by atoms with E-state index in [1.165, 1.54) is 13.2 Å². The van der Waals surface area contributed by atoms with Crippen LogP contribution in [0.4, 0.5) is 5.69 Å². The Morgan fingerprint density at radius 1 is 1.12 bits per heavy atom. The molecule has 0 atom stereocenters. The van der Waals surface area contributed by atoms with E-state index in [1.807, 2.05) is 30.3 Å². The van der Waals surface area contributed by atoms with Crippen LogP contribution in [0.25, 0.3) is 0 Å². The van der Waals surface area contributed by atoms with Crippen molar-refractivity contribution in [1.29, 1.82) is 0 Å². The van der Waals surface area contributed by atoms with E-state index in [9.17, 15) is 10.1 Å². The number of nitrogens with zero attached hydrogens (tertiary/aromatic N) is 1. The molecule has 0 saturated heterocycles. The minimum absolute atomic E-state index is 0.00576. The first kappa shape index (κ1) is 18.7. The fraction of sp³-hybridized carbons (Fsp3) is 0.333. The molecule has 2 rings (SSSR count). The van der Waals surface area contributed by atoms with Gasteiger partial charge in [-0.2, -0.15) is 0 Å². The van der Waals surface area contributed by atoms with Crippen LogP contribution in [-0.2, 0) is 17.9 Å². The fourth-order valence-electron chi connectivity index (χ4n) is 2.31. The molecule has 134 valence electrons. The summed E-state index contributed by atoms with van der Waals surface area (Å²) in [5.74, 6) is 0.809. The van der Waals surface area contributed by atoms with Crippen molar-refractivity contribution < 1.29 is 19.1 Å². The van der Waals surface area contributed by atoms with Crippen LogP contribution < -0.4 is 14.8 Å². The summed E-state index contributed by atoms with van der Waals surface area (Å²) in [4.78, 5) is 11.0. The summed E-state index contributed by atoms with van der Waals surface area (Å²) in [5.41, 5.74) is 1.50. The molecule has 0 aromatic heterocycles. The van der Waals surface area contributed by atoms with Crippen molar-refractivity contribution in [3.05, 3.63) is 63.7 Å². The highest BCUT2D eigenvalue weighted by molar-refractivity contribution is 5.54. The Kier molecular flexibility index (Phi) is 7.18. The molecule has 0 bridgehead atoms. The third-order valence-corrected chi connectivity index (χ3v) is 3.60. The van der Waals surface area contributed by atoms with Crippen LogP contribution >= 0.6 is 0 Å². The number of nitro benzene ring substituents is 1. The molecular weight excluding hydrogens is 324 g/mol. The number of nitrogens with one attached hydrogen (secondary N) is 1. The summed E-state index contributed by atoms with van der Waals surface area (Å²) in [7, 11) is 3.12. The second kappa shape index (κ2) is 9.61. The third kappa shape index (κ3) is 5.44. The molecule has 7 heteroatoms. The Balaban J connectivity index is 2.18. The lowest BCUT2D eigenvalue weighted by Crippen LogP contribution is -2.19. The average molecular weight is 346 g/mol. The van der Waals surface area contributed by atoms with Gasteiger partial charge in [0.15, 0.2) is 11.5 Å². The van der Waals surface area contributed by atoms with Crippen LogP contribution in [0.5, 0.6) is 11.5 Å². The van der Waals surface area contributed by atoms with Gasteiger partial charge in [0.25, 0.3) is 5.69 Å². The molecule has 25 heavy (non-hydrogen) atoms. The van der Waals surface area contributed by atoms with E-state index in [-0.39, 0.29) is 5.69 Å². The molecule has 0 unspecified atom stereocenters. The lowest BCUT2D eigenvalue weighted by atomic mass is 10.1. The van der Waals surface area contributed by atoms with Gasteiger partial charge in [0.1, 0.15) is 6.61 Å². The molecule has 0 aliphatic carbocycles. The van der Waals surface area contributed by atoms with Crippen LogP contribution in [0.2, 0.25) is 0 Å². The predicted molar refractivity (Wildman–Crippen MR) is 94.0 cm³/mol. The zero-order valence-corrected chi connectivity index (χ0v) is 14.4. The van der Waals surface area contributed by atoms with E-state index < -0.39 is 4.92 Å². The van der Waals surface area contributed by atoms with Gasteiger partial charge in [0.05, 0.1) is 24.7 Å². The normalized spacial score (nSPS) is 10.5. The molecule has 2 aromatic carbocycles. The Labute approximate surface area is 146 Å². The smallest absolute Gasteiger partial charge is 0.277 e. The van der Waals surface area contributed by atoms with E-state index in [0.717, 1.165) is 5.56 Å². The molecule has 2 aromatic rings. The maximum absolute atomic E-state index is 11.4. The highest BCUT2D eigenvalue weighted by atomic mass is 16.6. The molecule has 7 nitrogen and oxygen atoms in total. The summed E-state index contributed by atoms with van der Waals surface area (Å²) in [6.07, 6.45) is 0. The Hall–Kier alpha value is -2.64. The van der Waals surface area contributed by atoms with Crippen LogP contribution in [0.15, 0.2) is 42.5 Å². The summed E-state index contributed by atoms with van der Waals surface area (Å²) in [6, 6.07) is 12.6. The number of hydrogen-bond acceptors (Lipinski definition) is 6. The standard InChI is InChI=1S/C18H22N2O5/c1-23-9-8-19-12-15-10-17(24-2)18(11-16(15)20(21)22)25-13-14-6-4-3-5-7-14/h3-7,10-11,19H,8-9,12-13H2,1-2H3. The van der Waals surface area contributed by atoms with Crippen molar-refractivity contribution in [1.82, 2.24) is 5.32 Å². The molecule has 0 aliphatic rings. The molecule has 0 heterocycles. The van der Waals surface area contributed by atoms with E-state index in [4.69, 9.17) is 14.2 Å². The molecule has 0 aliphatic heterocycles. The maximum atomic E-state index is 11.4. The van der Waals surface area contributed by atoms with Gasteiger partial charge in [-0.15, -0.1) is 0 Å². The van der Waals surface area contributed by atoms with Crippen LogP contribution in [0.1, 0.15) is 11.1 Å². The van der Waals surface area contributed by atoms with E-state index in [1.54, 1.807) is 13.2 Å². The fourth-order valence-corrected chi connectivity index (χ4v) is 2.31. The van der Waals surface area contributed by atoms with Crippen molar-refractivity contribution in [2.75, 3.05) is 27.4 Å². The van der Waals surface area contributed by atoms with Crippen molar-refractivity contribution in [2.24, 2.45) is 0 Å². The Bertz CT molecular complexity index is 691. The molecule has 0 spiro atoms. The first-order valence-corrected chi connectivity index (χ1v) is 7.87. The molecular formula is C18H22N2O5. The van der Waals surface area contributed by atoms with Crippen LogP contribution in [0.3, 0.4) is 0 Å². The van der Waals surface area contributed by atoms with Crippen LogP contribution in [-0.4, -0.2) is 32.3 Å². The quantitative estimate of drug-likeness (QED) is 0.405. The summed E-state index contributed by atoms with van der Waals surface area (Å²) >= 11 is 0. The maximum Gasteiger partial charge on any atom is 0.277 e. The summed E-state index contributed by atoms with van der Waals surface area (Å²) in [5, 5.41) is 14.5. The number of hydrogen-bond donors (Lipinski definition) is 1. The molecule has 1 N–H and O–H groups in total. The monoisotopic (exact) mass is 346 g/mol.